The topological polar surface area (TPSA) is 103 Å². The van der Waals surface area contributed by atoms with E-state index in [2.05, 4.69) is 36.1 Å². The van der Waals surface area contributed by atoms with E-state index < -0.39 is 23.5 Å². The van der Waals surface area contributed by atoms with E-state index in [-0.39, 0.29) is 17.2 Å². The Bertz CT molecular complexity index is 1230. The van der Waals surface area contributed by atoms with Crippen LogP contribution in [-0.4, -0.2) is 56.2 Å². The van der Waals surface area contributed by atoms with Crippen LogP contribution < -0.4 is 30.9 Å². The van der Waals surface area contributed by atoms with Crippen LogP contribution in [-0.2, 0) is 6.18 Å². The van der Waals surface area contributed by atoms with Gasteiger partial charge in [-0.3, -0.25) is 4.79 Å². The van der Waals surface area contributed by atoms with Crippen LogP contribution >= 0.6 is 0 Å². The molecule has 3 aromatic rings. The largest absolute Gasteiger partial charge is 0.494 e. The van der Waals surface area contributed by atoms with Crippen LogP contribution in [0.3, 0.4) is 0 Å². The van der Waals surface area contributed by atoms with Gasteiger partial charge >= 0.3 is 6.18 Å². The van der Waals surface area contributed by atoms with E-state index in [1.165, 1.54) is 26.3 Å². The van der Waals surface area contributed by atoms with Gasteiger partial charge < -0.3 is 30.9 Å². The van der Waals surface area contributed by atoms with E-state index in [1.54, 1.807) is 18.2 Å². The van der Waals surface area contributed by atoms with Crippen molar-refractivity contribution >= 4 is 34.7 Å². The highest BCUT2D eigenvalue weighted by atomic mass is 19.4. The molecule has 1 amide bonds. The molecule has 0 unspecified atom stereocenters. The zero-order valence-electron chi connectivity index (χ0n) is 19.7. The van der Waals surface area contributed by atoms with Crippen LogP contribution in [0.1, 0.15) is 15.9 Å². The fourth-order valence-corrected chi connectivity index (χ4v) is 3.82. The van der Waals surface area contributed by atoms with Gasteiger partial charge in [0.15, 0.2) is 0 Å². The summed E-state index contributed by atoms with van der Waals surface area (Å²) in [5, 5.41) is 11.4. The SMILES string of the molecule is CNC(=O)c1ccccc1Nc1nc(Nc2ccc(N3CCNCC3)cc2OC)ncc1C(F)(F)F. The minimum Gasteiger partial charge on any atom is -0.494 e. The molecule has 0 spiro atoms. The van der Waals surface area contributed by atoms with Crippen molar-refractivity contribution in [2.75, 3.05) is 55.9 Å². The highest BCUT2D eigenvalue weighted by molar-refractivity contribution is 6.00. The maximum Gasteiger partial charge on any atom is 0.421 e. The molecule has 2 aromatic carbocycles. The van der Waals surface area contributed by atoms with Gasteiger partial charge in [0.2, 0.25) is 5.95 Å². The van der Waals surface area contributed by atoms with E-state index >= 15 is 0 Å². The number of piperazine rings is 1. The maximum atomic E-state index is 13.7. The average molecular weight is 502 g/mol. The number of nitrogens with zero attached hydrogens (tertiary/aromatic N) is 3. The molecule has 190 valence electrons. The number of benzene rings is 2. The third-order valence-corrected chi connectivity index (χ3v) is 5.66. The molecule has 12 heteroatoms. The van der Waals surface area contributed by atoms with Gasteiger partial charge in [0.25, 0.3) is 5.91 Å². The van der Waals surface area contributed by atoms with Crippen molar-refractivity contribution in [3.8, 4) is 5.75 Å². The Morgan fingerprint density at radius 1 is 1.08 bits per heavy atom. The van der Waals surface area contributed by atoms with Gasteiger partial charge in [-0.2, -0.15) is 18.2 Å². The standard InChI is InChI=1S/C24H26F3N7O2/c1-28-22(35)16-5-3-4-6-18(16)31-21-17(24(25,26)27)14-30-23(33-21)32-19-8-7-15(13-20(19)36-2)34-11-9-29-10-12-34/h3-8,13-14,29H,9-12H2,1-2H3,(H,28,35)(H2,30,31,32,33). The number of nitrogens with one attached hydrogen (secondary N) is 4. The lowest BCUT2D eigenvalue weighted by atomic mass is 10.1. The van der Waals surface area contributed by atoms with Gasteiger partial charge in [0.05, 0.1) is 24.0 Å². The van der Waals surface area contributed by atoms with Crippen molar-refractivity contribution in [1.82, 2.24) is 20.6 Å². The zero-order chi connectivity index (χ0) is 25.7. The van der Waals surface area contributed by atoms with Crippen molar-refractivity contribution in [1.29, 1.82) is 0 Å². The molecular formula is C24H26F3N7O2. The minimum atomic E-state index is -4.72. The number of alkyl halides is 3. The van der Waals surface area contributed by atoms with Crippen LogP contribution in [0.15, 0.2) is 48.7 Å². The number of rotatable bonds is 7. The second-order valence-corrected chi connectivity index (χ2v) is 7.95. The number of hydrogen-bond acceptors (Lipinski definition) is 8. The Morgan fingerprint density at radius 3 is 2.53 bits per heavy atom. The van der Waals surface area contributed by atoms with Crippen LogP contribution in [0.4, 0.5) is 42.0 Å². The summed E-state index contributed by atoms with van der Waals surface area (Å²) in [5.41, 5.74) is 0.741. The molecule has 0 radical (unpaired) electrons. The van der Waals surface area contributed by atoms with Crippen LogP contribution in [0.25, 0.3) is 0 Å². The first-order valence-corrected chi connectivity index (χ1v) is 11.2. The first-order chi connectivity index (χ1) is 17.3. The van der Waals surface area contributed by atoms with Gasteiger partial charge in [-0.05, 0) is 24.3 Å². The predicted octanol–water partition coefficient (Wildman–Crippen LogP) is 3.76. The van der Waals surface area contributed by atoms with Crippen molar-refractivity contribution in [2.24, 2.45) is 0 Å². The van der Waals surface area contributed by atoms with Crippen LogP contribution in [0.5, 0.6) is 5.75 Å². The monoisotopic (exact) mass is 501 g/mol. The summed E-state index contributed by atoms with van der Waals surface area (Å²) in [6.07, 6.45) is -4.02. The number of para-hydroxylation sites is 1. The van der Waals surface area contributed by atoms with E-state index in [4.69, 9.17) is 4.74 Å². The normalized spacial score (nSPS) is 13.8. The third kappa shape index (κ3) is 5.60. The van der Waals surface area contributed by atoms with E-state index in [0.29, 0.717) is 17.6 Å². The zero-order valence-corrected chi connectivity index (χ0v) is 19.7. The number of ether oxygens (including phenoxy) is 1. The minimum absolute atomic E-state index is 0.0730. The van der Waals surface area contributed by atoms with Gasteiger partial charge in [-0.25, -0.2) is 4.98 Å². The number of carbonyl (C=O) groups is 1. The number of halogens is 3. The number of carbonyl (C=O) groups excluding carboxylic acids is 1. The van der Waals surface area contributed by atoms with E-state index in [0.717, 1.165) is 31.9 Å². The summed E-state index contributed by atoms with van der Waals surface area (Å²) >= 11 is 0. The molecule has 0 atom stereocenters. The molecule has 4 rings (SSSR count). The second-order valence-electron chi connectivity index (χ2n) is 7.95. The number of amides is 1. The highest BCUT2D eigenvalue weighted by Crippen LogP contribution is 2.37. The molecule has 0 saturated carbocycles. The molecule has 1 saturated heterocycles. The van der Waals surface area contributed by atoms with Crippen molar-refractivity contribution in [3.05, 3.63) is 59.8 Å². The molecular weight excluding hydrogens is 475 g/mol. The highest BCUT2D eigenvalue weighted by Gasteiger charge is 2.35. The van der Waals surface area contributed by atoms with E-state index in [1.807, 2.05) is 12.1 Å². The molecule has 4 N–H and O–H groups in total. The fourth-order valence-electron chi connectivity index (χ4n) is 3.82. The second kappa shape index (κ2) is 10.7. The average Bonchev–Trinajstić information content (AvgIpc) is 2.88. The number of methoxy groups -OCH3 is 1. The first kappa shape index (κ1) is 25.0. The summed E-state index contributed by atoms with van der Waals surface area (Å²) in [4.78, 5) is 22.4. The first-order valence-electron chi connectivity index (χ1n) is 11.2. The predicted molar refractivity (Wildman–Crippen MR) is 132 cm³/mol. The van der Waals surface area contributed by atoms with Crippen molar-refractivity contribution < 1.29 is 22.7 Å². The quantitative estimate of drug-likeness (QED) is 0.388. The molecule has 1 aromatic heterocycles. The van der Waals surface area contributed by atoms with Gasteiger partial charge in [-0.1, -0.05) is 12.1 Å². The molecule has 2 heterocycles. The molecule has 1 fully saturated rings. The Hall–Kier alpha value is -4.06. The summed E-state index contributed by atoms with van der Waals surface area (Å²) in [7, 11) is 2.95. The molecule has 9 nitrogen and oxygen atoms in total. The molecule has 1 aliphatic rings. The maximum absolute atomic E-state index is 13.7. The Kier molecular flexibility index (Phi) is 7.44. The molecule has 1 aliphatic heterocycles. The Balaban J connectivity index is 1.66. The van der Waals surface area contributed by atoms with E-state index in [9.17, 15) is 18.0 Å². The lowest BCUT2D eigenvalue weighted by molar-refractivity contribution is -0.137. The Morgan fingerprint density at radius 2 is 1.83 bits per heavy atom. The Labute approximate surface area is 206 Å². The smallest absolute Gasteiger partial charge is 0.421 e. The lowest BCUT2D eigenvalue weighted by Gasteiger charge is -2.30. The fraction of sp³-hybridized carbons (Fsp3) is 0.292. The number of aromatic nitrogens is 2. The summed E-state index contributed by atoms with van der Waals surface area (Å²) in [6, 6.07) is 11.7. The summed E-state index contributed by atoms with van der Waals surface area (Å²) in [6.45, 7) is 3.45. The van der Waals surface area contributed by atoms with Crippen LogP contribution in [0, 0.1) is 0 Å². The molecule has 0 bridgehead atoms. The third-order valence-electron chi connectivity index (χ3n) is 5.66. The van der Waals surface area contributed by atoms with Crippen molar-refractivity contribution in [2.45, 2.75) is 6.18 Å². The van der Waals surface area contributed by atoms with Gasteiger partial charge in [-0.15, -0.1) is 0 Å². The van der Waals surface area contributed by atoms with Crippen molar-refractivity contribution in [3.63, 3.8) is 0 Å². The number of anilines is 5. The molecule has 0 aliphatic carbocycles. The van der Waals surface area contributed by atoms with Gasteiger partial charge in [0.1, 0.15) is 17.1 Å². The lowest BCUT2D eigenvalue weighted by Crippen LogP contribution is -2.43. The number of hydrogen-bond donors (Lipinski definition) is 4. The molecule has 36 heavy (non-hydrogen) atoms. The van der Waals surface area contributed by atoms with Gasteiger partial charge in [0, 0.05) is 51.2 Å². The summed E-state index contributed by atoms with van der Waals surface area (Å²) < 4.78 is 46.7. The summed E-state index contributed by atoms with van der Waals surface area (Å²) in [5.74, 6) is -0.522. The van der Waals surface area contributed by atoms with Crippen LogP contribution in [0.2, 0.25) is 0 Å².